The lowest BCUT2D eigenvalue weighted by molar-refractivity contribution is 0.309. The van der Waals surface area contributed by atoms with Crippen LogP contribution < -0.4 is 14.8 Å². The van der Waals surface area contributed by atoms with Crippen molar-refractivity contribution in [2.45, 2.75) is 32.7 Å². The molecule has 0 spiro atoms. The van der Waals surface area contributed by atoms with Gasteiger partial charge in [0.15, 0.2) is 0 Å². The Hall–Kier alpha value is -2.94. The first-order chi connectivity index (χ1) is 13.8. The van der Waals surface area contributed by atoms with Gasteiger partial charge in [-0.1, -0.05) is 55.8 Å². The van der Waals surface area contributed by atoms with E-state index in [1.54, 1.807) is 0 Å². The first-order valence-electron chi connectivity index (χ1n) is 10.1. The zero-order valence-electron chi connectivity index (χ0n) is 16.6. The molecule has 0 aliphatic heterocycles. The molecule has 0 aromatic heterocycles. The fourth-order valence-corrected chi connectivity index (χ4v) is 2.88. The SMILES string of the molecule is CCCCOc1cccc(CNc2ccc(OCCc3ccccc3)cc2)c1. The van der Waals surface area contributed by atoms with E-state index in [9.17, 15) is 0 Å². The number of nitrogens with one attached hydrogen (secondary N) is 1. The first-order valence-corrected chi connectivity index (χ1v) is 10.1. The zero-order chi connectivity index (χ0) is 19.4. The standard InChI is InChI=1S/C25H29NO2/c1-2-3-17-27-25-11-7-10-22(19-25)20-26-23-12-14-24(15-13-23)28-18-16-21-8-5-4-6-9-21/h4-15,19,26H,2-3,16-18,20H2,1H3. The summed E-state index contributed by atoms with van der Waals surface area (Å²) in [7, 11) is 0. The highest BCUT2D eigenvalue weighted by Crippen LogP contribution is 2.18. The molecule has 0 saturated heterocycles. The summed E-state index contributed by atoms with van der Waals surface area (Å²) in [5, 5.41) is 3.45. The Morgan fingerprint density at radius 2 is 1.46 bits per heavy atom. The molecule has 0 bridgehead atoms. The summed E-state index contributed by atoms with van der Waals surface area (Å²) in [5.74, 6) is 1.84. The molecule has 0 aliphatic rings. The molecule has 3 aromatic carbocycles. The predicted octanol–water partition coefficient (Wildman–Crippen LogP) is 6.10. The lowest BCUT2D eigenvalue weighted by Gasteiger charge is -2.11. The fourth-order valence-electron chi connectivity index (χ4n) is 2.88. The minimum Gasteiger partial charge on any atom is -0.494 e. The molecule has 3 rings (SSSR count). The minimum absolute atomic E-state index is 0.682. The number of ether oxygens (including phenoxy) is 2. The molecule has 0 aliphatic carbocycles. The summed E-state index contributed by atoms with van der Waals surface area (Å²) in [5.41, 5.74) is 3.58. The average Bonchev–Trinajstić information content (AvgIpc) is 2.74. The molecule has 0 unspecified atom stereocenters. The van der Waals surface area contributed by atoms with E-state index < -0.39 is 0 Å². The second-order valence-corrected chi connectivity index (χ2v) is 6.81. The van der Waals surface area contributed by atoms with Gasteiger partial charge in [-0.25, -0.2) is 0 Å². The van der Waals surface area contributed by atoms with Crippen LogP contribution in [0.2, 0.25) is 0 Å². The molecule has 0 saturated carbocycles. The van der Waals surface area contributed by atoms with E-state index in [4.69, 9.17) is 9.47 Å². The fraction of sp³-hybridized carbons (Fsp3) is 0.280. The lowest BCUT2D eigenvalue weighted by atomic mass is 10.2. The molecule has 0 heterocycles. The van der Waals surface area contributed by atoms with Gasteiger partial charge in [0, 0.05) is 18.7 Å². The van der Waals surface area contributed by atoms with Gasteiger partial charge >= 0.3 is 0 Å². The lowest BCUT2D eigenvalue weighted by Crippen LogP contribution is -2.02. The molecule has 0 radical (unpaired) electrons. The number of hydrogen-bond acceptors (Lipinski definition) is 3. The third kappa shape index (κ3) is 6.66. The molecular formula is C25H29NO2. The topological polar surface area (TPSA) is 30.5 Å². The highest BCUT2D eigenvalue weighted by Gasteiger charge is 2.00. The van der Waals surface area contributed by atoms with Gasteiger partial charge in [0.2, 0.25) is 0 Å². The van der Waals surface area contributed by atoms with Crippen molar-refractivity contribution in [1.29, 1.82) is 0 Å². The number of anilines is 1. The number of benzene rings is 3. The molecule has 0 atom stereocenters. The summed E-state index contributed by atoms with van der Waals surface area (Å²) in [4.78, 5) is 0. The molecule has 0 amide bonds. The second kappa shape index (κ2) is 11.0. The van der Waals surface area contributed by atoms with E-state index in [2.05, 4.69) is 60.8 Å². The third-order valence-electron chi connectivity index (χ3n) is 4.52. The Bertz CT molecular complexity index is 815. The van der Waals surface area contributed by atoms with Crippen molar-refractivity contribution >= 4 is 5.69 Å². The first kappa shape index (κ1) is 19.8. The van der Waals surface area contributed by atoms with Gasteiger partial charge in [-0.15, -0.1) is 0 Å². The summed E-state index contributed by atoms with van der Waals surface area (Å²) in [6.45, 7) is 4.39. The van der Waals surface area contributed by atoms with Crippen LogP contribution in [0.1, 0.15) is 30.9 Å². The summed E-state index contributed by atoms with van der Waals surface area (Å²) >= 11 is 0. The van der Waals surface area contributed by atoms with Crippen molar-refractivity contribution in [2.24, 2.45) is 0 Å². The summed E-state index contributed by atoms with van der Waals surface area (Å²) < 4.78 is 11.6. The molecular weight excluding hydrogens is 346 g/mol. The molecule has 3 heteroatoms. The van der Waals surface area contributed by atoms with E-state index in [0.717, 1.165) is 49.6 Å². The number of unbranched alkanes of at least 4 members (excludes halogenated alkanes) is 1. The van der Waals surface area contributed by atoms with Crippen molar-refractivity contribution in [2.75, 3.05) is 18.5 Å². The van der Waals surface area contributed by atoms with Crippen LogP contribution in [0.15, 0.2) is 78.9 Å². The van der Waals surface area contributed by atoms with Gasteiger partial charge < -0.3 is 14.8 Å². The quantitative estimate of drug-likeness (QED) is 0.411. The van der Waals surface area contributed by atoms with E-state index in [0.29, 0.717) is 6.61 Å². The van der Waals surface area contributed by atoms with Gasteiger partial charge in [0.05, 0.1) is 13.2 Å². The average molecular weight is 376 g/mol. The van der Waals surface area contributed by atoms with Crippen molar-refractivity contribution in [3.8, 4) is 11.5 Å². The highest BCUT2D eigenvalue weighted by molar-refractivity contribution is 5.47. The second-order valence-electron chi connectivity index (χ2n) is 6.81. The normalized spacial score (nSPS) is 10.5. The van der Waals surface area contributed by atoms with Crippen molar-refractivity contribution in [3.63, 3.8) is 0 Å². The Balaban J connectivity index is 1.43. The van der Waals surface area contributed by atoms with Crippen LogP contribution >= 0.6 is 0 Å². The van der Waals surface area contributed by atoms with Crippen LogP contribution in [0.3, 0.4) is 0 Å². The molecule has 146 valence electrons. The largest absolute Gasteiger partial charge is 0.494 e. The Labute approximate surface area is 168 Å². The monoisotopic (exact) mass is 375 g/mol. The highest BCUT2D eigenvalue weighted by atomic mass is 16.5. The molecule has 28 heavy (non-hydrogen) atoms. The Morgan fingerprint density at radius 1 is 0.714 bits per heavy atom. The van der Waals surface area contributed by atoms with Crippen molar-refractivity contribution < 1.29 is 9.47 Å². The molecule has 3 aromatic rings. The van der Waals surface area contributed by atoms with E-state index in [1.807, 2.05) is 30.3 Å². The molecule has 0 fully saturated rings. The van der Waals surface area contributed by atoms with Crippen LogP contribution in [0.5, 0.6) is 11.5 Å². The predicted molar refractivity (Wildman–Crippen MR) is 116 cm³/mol. The Kier molecular flexibility index (Phi) is 7.80. The zero-order valence-corrected chi connectivity index (χ0v) is 16.6. The van der Waals surface area contributed by atoms with Crippen molar-refractivity contribution in [1.82, 2.24) is 0 Å². The maximum Gasteiger partial charge on any atom is 0.119 e. The summed E-state index contributed by atoms with van der Waals surface area (Å²) in [6.07, 6.45) is 3.15. The van der Waals surface area contributed by atoms with Crippen LogP contribution in [-0.2, 0) is 13.0 Å². The van der Waals surface area contributed by atoms with Gasteiger partial charge in [0.1, 0.15) is 11.5 Å². The van der Waals surface area contributed by atoms with E-state index >= 15 is 0 Å². The maximum absolute atomic E-state index is 5.85. The smallest absolute Gasteiger partial charge is 0.119 e. The van der Waals surface area contributed by atoms with Crippen LogP contribution in [0.25, 0.3) is 0 Å². The maximum atomic E-state index is 5.85. The summed E-state index contributed by atoms with van der Waals surface area (Å²) in [6, 6.07) is 26.8. The van der Waals surface area contributed by atoms with Crippen LogP contribution in [0, 0.1) is 0 Å². The third-order valence-corrected chi connectivity index (χ3v) is 4.52. The number of hydrogen-bond donors (Lipinski definition) is 1. The van der Waals surface area contributed by atoms with Gasteiger partial charge in [0.25, 0.3) is 0 Å². The molecule has 3 nitrogen and oxygen atoms in total. The Morgan fingerprint density at radius 3 is 2.25 bits per heavy atom. The van der Waals surface area contributed by atoms with Gasteiger partial charge in [-0.3, -0.25) is 0 Å². The van der Waals surface area contributed by atoms with Gasteiger partial charge in [-0.05, 0) is 53.9 Å². The van der Waals surface area contributed by atoms with Crippen LogP contribution in [-0.4, -0.2) is 13.2 Å². The van der Waals surface area contributed by atoms with Crippen LogP contribution in [0.4, 0.5) is 5.69 Å². The molecule has 1 N–H and O–H groups in total. The van der Waals surface area contributed by atoms with E-state index in [1.165, 1.54) is 11.1 Å². The number of rotatable bonds is 11. The van der Waals surface area contributed by atoms with E-state index in [-0.39, 0.29) is 0 Å². The van der Waals surface area contributed by atoms with Crippen molar-refractivity contribution in [3.05, 3.63) is 90.0 Å². The minimum atomic E-state index is 0.682. The van der Waals surface area contributed by atoms with Gasteiger partial charge in [-0.2, -0.15) is 0 Å².